The van der Waals surface area contributed by atoms with Crippen molar-refractivity contribution in [3.63, 3.8) is 0 Å². The highest BCUT2D eigenvalue weighted by Crippen LogP contribution is 2.32. The SMILES string of the molecule is CN1CCN(c2ccc(Nc3nc(Nc4ccccc4N(C)S(C)(=O)=O)c4cc[nH]c4n3)cc2F)CC1. The Kier molecular flexibility index (Phi) is 6.61. The van der Waals surface area contributed by atoms with Gasteiger partial charge in [0.25, 0.3) is 0 Å². The fourth-order valence-corrected chi connectivity index (χ4v) is 4.79. The molecule has 0 atom stereocenters. The smallest absolute Gasteiger partial charge is 0.232 e. The highest BCUT2D eigenvalue weighted by Gasteiger charge is 2.19. The van der Waals surface area contributed by atoms with Gasteiger partial charge in [-0.1, -0.05) is 12.1 Å². The van der Waals surface area contributed by atoms with Crippen molar-refractivity contribution in [1.29, 1.82) is 0 Å². The largest absolute Gasteiger partial charge is 0.367 e. The number of para-hydroxylation sites is 2. The lowest BCUT2D eigenvalue weighted by atomic mass is 10.2. The normalized spacial score (nSPS) is 14.6. The summed E-state index contributed by atoms with van der Waals surface area (Å²) in [6, 6.07) is 13.9. The van der Waals surface area contributed by atoms with Crippen LogP contribution in [-0.4, -0.2) is 74.8 Å². The van der Waals surface area contributed by atoms with Gasteiger partial charge in [0.2, 0.25) is 16.0 Å². The van der Waals surface area contributed by atoms with E-state index in [1.54, 1.807) is 36.5 Å². The van der Waals surface area contributed by atoms with Crippen LogP contribution >= 0.6 is 0 Å². The number of rotatable bonds is 7. The Labute approximate surface area is 215 Å². The van der Waals surface area contributed by atoms with Gasteiger partial charge in [-0.15, -0.1) is 0 Å². The molecule has 1 aliphatic heterocycles. The van der Waals surface area contributed by atoms with Crippen molar-refractivity contribution < 1.29 is 12.8 Å². The van der Waals surface area contributed by atoms with Gasteiger partial charge in [-0.3, -0.25) is 4.31 Å². The Balaban J connectivity index is 1.43. The molecule has 12 heteroatoms. The molecule has 1 fully saturated rings. The number of H-pyrrole nitrogens is 1. The van der Waals surface area contributed by atoms with E-state index in [2.05, 4.69) is 37.5 Å². The maximum absolute atomic E-state index is 15.0. The van der Waals surface area contributed by atoms with Crippen LogP contribution < -0.4 is 19.8 Å². The first-order valence-electron chi connectivity index (χ1n) is 11.8. The van der Waals surface area contributed by atoms with Gasteiger partial charge >= 0.3 is 0 Å². The number of nitrogens with zero attached hydrogens (tertiary/aromatic N) is 5. The van der Waals surface area contributed by atoms with E-state index in [9.17, 15) is 8.42 Å². The van der Waals surface area contributed by atoms with E-state index < -0.39 is 10.0 Å². The molecule has 0 unspecified atom stereocenters. The zero-order chi connectivity index (χ0) is 26.2. The molecule has 2 aromatic carbocycles. The van der Waals surface area contributed by atoms with Crippen molar-refractivity contribution >= 4 is 55.6 Å². The van der Waals surface area contributed by atoms with Crippen molar-refractivity contribution in [2.24, 2.45) is 0 Å². The van der Waals surface area contributed by atoms with E-state index in [0.29, 0.717) is 34.2 Å². The Bertz CT molecular complexity index is 1530. The van der Waals surface area contributed by atoms with Crippen molar-refractivity contribution in [2.45, 2.75) is 0 Å². The Morgan fingerprint density at radius 1 is 1.03 bits per heavy atom. The molecule has 0 amide bonds. The molecule has 5 rings (SSSR count). The van der Waals surface area contributed by atoms with Crippen LogP contribution in [0.5, 0.6) is 0 Å². The van der Waals surface area contributed by atoms with Gasteiger partial charge < -0.3 is 25.4 Å². The second-order valence-corrected chi connectivity index (χ2v) is 11.1. The molecule has 0 saturated carbocycles. The summed E-state index contributed by atoms with van der Waals surface area (Å²) >= 11 is 0. The summed E-state index contributed by atoms with van der Waals surface area (Å²) in [5.74, 6) is 0.419. The van der Waals surface area contributed by atoms with E-state index in [-0.39, 0.29) is 11.8 Å². The van der Waals surface area contributed by atoms with E-state index in [1.165, 1.54) is 17.4 Å². The standard InChI is InChI=1S/C25H29FN8O2S/c1-32-12-14-34(15-13-32)21-9-8-17(16-19(21)26)28-25-30-23-18(10-11-27-23)24(31-25)29-20-6-4-5-7-22(20)33(2)37(3,35)36/h4-11,16H,12-15H2,1-3H3,(H3,27,28,29,30,31). The summed E-state index contributed by atoms with van der Waals surface area (Å²) in [4.78, 5) is 16.5. The van der Waals surface area contributed by atoms with Crippen molar-refractivity contribution in [3.8, 4) is 0 Å². The summed E-state index contributed by atoms with van der Waals surface area (Å²) in [6.45, 7) is 3.33. The topological polar surface area (TPSA) is 109 Å². The van der Waals surface area contributed by atoms with E-state index in [4.69, 9.17) is 0 Å². The van der Waals surface area contributed by atoms with Gasteiger partial charge in [0.05, 0.1) is 28.7 Å². The third kappa shape index (κ3) is 5.30. The number of nitrogens with one attached hydrogen (secondary N) is 3. The first kappa shape index (κ1) is 24.8. The number of hydrogen-bond acceptors (Lipinski definition) is 8. The van der Waals surface area contributed by atoms with Crippen molar-refractivity contribution in [2.75, 3.05) is 66.4 Å². The monoisotopic (exact) mass is 524 g/mol. The molecule has 194 valence electrons. The summed E-state index contributed by atoms with van der Waals surface area (Å²) in [5.41, 5.74) is 2.70. The van der Waals surface area contributed by atoms with Gasteiger partial charge in [0.1, 0.15) is 17.3 Å². The molecule has 0 bridgehead atoms. The third-order valence-corrected chi connectivity index (χ3v) is 7.65. The van der Waals surface area contributed by atoms with E-state index >= 15 is 4.39 Å². The number of anilines is 6. The van der Waals surface area contributed by atoms with Crippen LogP contribution in [0.3, 0.4) is 0 Å². The number of aromatic nitrogens is 3. The first-order valence-corrected chi connectivity index (χ1v) is 13.7. The summed E-state index contributed by atoms with van der Waals surface area (Å²) in [7, 11) is 0.0889. The average Bonchev–Trinajstić information content (AvgIpc) is 3.33. The number of halogens is 1. The van der Waals surface area contributed by atoms with Crippen LogP contribution in [0.1, 0.15) is 0 Å². The molecule has 3 heterocycles. The van der Waals surface area contributed by atoms with Gasteiger partial charge in [-0.25, -0.2) is 12.8 Å². The maximum Gasteiger partial charge on any atom is 0.232 e. The third-order valence-electron chi connectivity index (χ3n) is 6.46. The number of hydrogen-bond donors (Lipinski definition) is 3. The first-order chi connectivity index (χ1) is 17.7. The van der Waals surface area contributed by atoms with Crippen LogP contribution in [0.25, 0.3) is 11.0 Å². The predicted octanol–water partition coefficient (Wildman–Crippen LogP) is 3.73. The van der Waals surface area contributed by atoms with Gasteiger partial charge in [-0.05, 0) is 43.4 Å². The molecule has 0 spiro atoms. The lowest BCUT2D eigenvalue weighted by Gasteiger charge is -2.34. The molecule has 1 aliphatic rings. The van der Waals surface area contributed by atoms with Crippen LogP contribution in [0.15, 0.2) is 54.7 Å². The highest BCUT2D eigenvalue weighted by molar-refractivity contribution is 7.92. The van der Waals surface area contributed by atoms with Crippen molar-refractivity contribution in [3.05, 3.63) is 60.5 Å². The average molecular weight is 525 g/mol. The fraction of sp³-hybridized carbons (Fsp3) is 0.280. The zero-order valence-corrected chi connectivity index (χ0v) is 21.7. The molecule has 1 saturated heterocycles. The Morgan fingerprint density at radius 3 is 2.51 bits per heavy atom. The summed E-state index contributed by atoms with van der Waals surface area (Å²) < 4.78 is 40.5. The van der Waals surface area contributed by atoms with Gasteiger partial charge in [-0.2, -0.15) is 9.97 Å². The molecule has 37 heavy (non-hydrogen) atoms. The second kappa shape index (κ2) is 9.87. The number of fused-ring (bicyclic) bond motifs is 1. The summed E-state index contributed by atoms with van der Waals surface area (Å²) in [6.07, 6.45) is 2.89. The molecule has 4 aromatic rings. The minimum atomic E-state index is -3.47. The summed E-state index contributed by atoms with van der Waals surface area (Å²) in [5, 5.41) is 7.06. The number of piperazine rings is 1. The quantitative estimate of drug-likeness (QED) is 0.336. The molecule has 0 radical (unpaired) electrons. The van der Waals surface area contributed by atoms with Crippen LogP contribution in [0.2, 0.25) is 0 Å². The van der Waals surface area contributed by atoms with Crippen LogP contribution in [-0.2, 0) is 10.0 Å². The molecule has 2 aromatic heterocycles. The number of benzene rings is 2. The Hall–Kier alpha value is -3.90. The minimum Gasteiger partial charge on any atom is -0.367 e. The predicted molar refractivity (Wildman–Crippen MR) is 146 cm³/mol. The Morgan fingerprint density at radius 2 is 1.78 bits per heavy atom. The lowest BCUT2D eigenvalue weighted by Crippen LogP contribution is -2.44. The maximum atomic E-state index is 15.0. The number of sulfonamides is 1. The molecule has 10 nitrogen and oxygen atoms in total. The van der Waals surface area contributed by atoms with E-state index in [0.717, 1.165) is 37.8 Å². The minimum absolute atomic E-state index is 0.262. The second-order valence-electron chi connectivity index (χ2n) is 9.09. The fourth-order valence-electron chi connectivity index (χ4n) is 4.27. The van der Waals surface area contributed by atoms with Gasteiger partial charge in [0.15, 0.2) is 0 Å². The molecular formula is C25H29FN8O2S. The number of aromatic amines is 1. The van der Waals surface area contributed by atoms with Crippen LogP contribution in [0.4, 0.5) is 38.9 Å². The van der Waals surface area contributed by atoms with E-state index in [1.807, 2.05) is 17.0 Å². The van der Waals surface area contributed by atoms with Crippen LogP contribution in [0, 0.1) is 5.82 Å². The highest BCUT2D eigenvalue weighted by atomic mass is 32.2. The molecule has 3 N–H and O–H groups in total. The molecular weight excluding hydrogens is 495 g/mol. The molecule has 0 aliphatic carbocycles. The zero-order valence-electron chi connectivity index (χ0n) is 20.9. The van der Waals surface area contributed by atoms with Crippen molar-refractivity contribution in [1.82, 2.24) is 19.9 Å². The lowest BCUT2D eigenvalue weighted by molar-refractivity contribution is 0.311. The number of likely N-dealkylation sites (N-methyl/N-ethyl adjacent to an activating group) is 1. The van der Waals surface area contributed by atoms with Gasteiger partial charge in [0, 0.05) is 45.1 Å².